The summed E-state index contributed by atoms with van der Waals surface area (Å²) in [7, 11) is 0. The fourth-order valence-corrected chi connectivity index (χ4v) is 2.51. The molecule has 1 aromatic heterocycles. The van der Waals surface area contributed by atoms with Crippen LogP contribution in [0.1, 0.15) is 18.3 Å². The number of aryl methyl sites for hydroxylation is 1. The number of hydrogen-bond donors (Lipinski definition) is 2. The summed E-state index contributed by atoms with van der Waals surface area (Å²) in [5.41, 5.74) is 7.80. The van der Waals surface area contributed by atoms with Crippen molar-refractivity contribution in [2.75, 3.05) is 11.1 Å². The van der Waals surface area contributed by atoms with Gasteiger partial charge in [0.25, 0.3) is 0 Å². The van der Waals surface area contributed by atoms with Crippen molar-refractivity contribution in [3.8, 4) is 5.75 Å². The van der Waals surface area contributed by atoms with E-state index in [0.717, 1.165) is 17.7 Å². The lowest BCUT2D eigenvalue weighted by Gasteiger charge is -2.11. The van der Waals surface area contributed by atoms with Crippen molar-refractivity contribution in [2.24, 2.45) is 0 Å². The Morgan fingerprint density at radius 3 is 2.73 bits per heavy atom. The van der Waals surface area contributed by atoms with Gasteiger partial charge in [-0.2, -0.15) is 15.0 Å². The van der Waals surface area contributed by atoms with Crippen molar-refractivity contribution in [1.29, 1.82) is 0 Å². The zero-order valence-corrected chi connectivity index (χ0v) is 14.8. The second-order valence-electron chi connectivity index (χ2n) is 5.43. The third kappa shape index (κ3) is 4.37. The number of benzene rings is 2. The van der Waals surface area contributed by atoms with Gasteiger partial charge in [0.15, 0.2) is 5.82 Å². The molecule has 26 heavy (non-hydrogen) atoms. The molecule has 3 aromatic rings. The van der Waals surface area contributed by atoms with Crippen molar-refractivity contribution in [3.05, 3.63) is 64.7 Å². The summed E-state index contributed by atoms with van der Waals surface area (Å²) in [6.07, 6.45) is 0.866. The summed E-state index contributed by atoms with van der Waals surface area (Å²) in [5, 5.41) is 3.13. The lowest BCUT2D eigenvalue weighted by atomic mass is 10.1. The third-order valence-corrected chi connectivity index (χ3v) is 3.89. The standard InChI is InChI=1S/C18H17ClFN5O/c1-2-11-5-3-4-6-15(11)22-18-24-16(23-17(21)25-18)10-26-12-7-8-14(20)13(19)9-12/h3-9H,2,10H2,1H3,(H3,21,22,23,24,25). The molecule has 134 valence electrons. The summed E-state index contributed by atoms with van der Waals surface area (Å²) in [5.74, 6) is 0.640. The van der Waals surface area contributed by atoms with Gasteiger partial charge in [-0.05, 0) is 30.2 Å². The molecule has 0 spiro atoms. The smallest absolute Gasteiger partial charge is 0.232 e. The van der Waals surface area contributed by atoms with Crippen molar-refractivity contribution >= 4 is 29.2 Å². The lowest BCUT2D eigenvalue weighted by molar-refractivity contribution is 0.295. The second-order valence-corrected chi connectivity index (χ2v) is 5.84. The fourth-order valence-electron chi connectivity index (χ4n) is 2.34. The first-order valence-electron chi connectivity index (χ1n) is 7.98. The van der Waals surface area contributed by atoms with E-state index in [-0.39, 0.29) is 17.6 Å². The van der Waals surface area contributed by atoms with Crippen LogP contribution in [0, 0.1) is 5.82 Å². The zero-order valence-electron chi connectivity index (χ0n) is 14.0. The zero-order chi connectivity index (χ0) is 18.5. The van der Waals surface area contributed by atoms with Crippen LogP contribution in [0.4, 0.5) is 22.0 Å². The van der Waals surface area contributed by atoms with Gasteiger partial charge in [-0.15, -0.1) is 0 Å². The van der Waals surface area contributed by atoms with Crippen LogP contribution in [-0.2, 0) is 13.0 Å². The molecule has 0 aliphatic carbocycles. The molecular weight excluding hydrogens is 357 g/mol. The number of halogens is 2. The van der Waals surface area contributed by atoms with Gasteiger partial charge in [-0.25, -0.2) is 4.39 Å². The SMILES string of the molecule is CCc1ccccc1Nc1nc(N)nc(COc2ccc(F)c(Cl)c2)n1. The predicted octanol–water partition coefficient (Wildman–Crippen LogP) is 4.13. The van der Waals surface area contributed by atoms with E-state index in [0.29, 0.717) is 17.5 Å². The van der Waals surface area contributed by atoms with E-state index in [1.807, 2.05) is 24.3 Å². The van der Waals surface area contributed by atoms with Crippen LogP contribution < -0.4 is 15.8 Å². The van der Waals surface area contributed by atoms with Crippen molar-refractivity contribution < 1.29 is 9.13 Å². The normalized spacial score (nSPS) is 10.6. The Morgan fingerprint density at radius 2 is 1.96 bits per heavy atom. The van der Waals surface area contributed by atoms with Gasteiger partial charge in [0.1, 0.15) is 18.2 Å². The molecule has 1 heterocycles. The van der Waals surface area contributed by atoms with E-state index < -0.39 is 5.82 Å². The van der Waals surface area contributed by atoms with E-state index >= 15 is 0 Å². The molecule has 8 heteroatoms. The monoisotopic (exact) mass is 373 g/mol. The number of nitrogens with zero attached hydrogens (tertiary/aromatic N) is 3. The maximum absolute atomic E-state index is 13.2. The predicted molar refractivity (Wildman–Crippen MR) is 99.1 cm³/mol. The van der Waals surface area contributed by atoms with Crippen LogP contribution in [0.25, 0.3) is 0 Å². The van der Waals surface area contributed by atoms with Gasteiger partial charge in [0.05, 0.1) is 5.02 Å². The molecule has 0 fully saturated rings. The Labute approximate surface area is 155 Å². The molecule has 0 saturated heterocycles. The number of rotatable bonds is 6. The molecule has 0 atom stereocenters. The van der Waals surface area contributed by atoms with Gasteiger partial charge in [0, 0.05) is 11.8 Å². The van der Waals surface area contributed by atoms with Crippen LogP contribution in [0.3, 0.4) is 0 Å². The topological polar surface area (TPSA) is 86.0 Å². The Hall–Kier alpha value is -2.93. The Balaban J connectivity index is 1.76. The largest absolute Gasteiger partial charge is 0.486 e. The van der Waals surface area contributed by atoms with Gasteiger partial charge < -0.3 is 15.8 Å². The molecule has 0 unspecified atom stereocenters. The van der Waals surface area contributed by atoms with Gasteiger partial charge in [-0.1, -0.05) is 36.7 Å². The Kier molecular flexibility index (Phi) is 5.48. The van der Waals surface area contributed by atoms with E-state index in [1.165, 1.54) is 18.2 Å². The number of para-hydroxylation sites is 1. The minimum Gasteiger partial charge on any atom is -0.486 e. The number of nitrogen functional groups attached to an aromatic ring is 1. The van der Waals surface area contributed by atoms with Crippen molar-refractivity contribution in [2.45, 2.75) is 20.0 Å². The summed E-state index contributed by atoms with van der Waals surface area (Å²) in [4.78, 5) is 12.5. The number of aromatic nitrogens is 3. The van der Waals surface area contributed by atoms with E-state index in [2.05, 4.69) is 27.2 Å². The molecule has 0 aliphatic rings. The molecule has 0 aliphatic heterocycles. The first-order chi connectivity index (χ1) is 12.5. The maximum atomic E-state index is 13.2. The highest BCUT2D eigenvalue weighted by Crippen LogP contribution is 2.22. The summed E-state index contributed by atoms with van der Waals surface area (Å²) in [6.45, 7) is 2.11. The summed E-state index contributed by atoms with van der Waals surface area (Å²) < 4.78 is 18.7. The highest BCUT2D eigenvalue weighted by Gasteiger charge is 2.09. The van der Waals surface area contributed by atoms with Gasteiger partial charge in [0.2, 0.25) is 11.9 Å². The molecule has 0 saturated carbocycles. The van der Waals surface area contributed by atoms with Crippen LogP contribution in [0.15, 0.2) is 42.5 Å². The average molecular weight is 374 g/mol. The minimum absolute atomic E-state index is 0.0174. The number of hydrogen-bond acceptors (Lipinski definition) is 6. The minimum atomic E-state index is -0.510. The highest BCUT2D eigenvalue weighted by atomic mass is 35.5. The Morgan fingerprint density at radius 1 is 1.15 bits per heavy atom. The Bertz CT molecular complexity index is 922. The fraction of sp³-hybridized carbons (Fsp3) is 0.167. The number of nitrogens with two attached hydrogens (primary N) is 1. The number of nitrogens with one attached hydrogen (secondary N) is 1. The number of ether oxygens (including phenoxy) is 1. The van der Waals surface area contributed by atoms with Crippen LogP contribution in [0.2, 0.25) is 5.02 Å². The van der Waals surface area contributed by atoms with Gasteiger partial charge in [-0.3, -0.25) is 0 Å². The maximum Gasteiger partial charge on any atom is 0.232 e. The molecule has 6 nitrogen and oxygen atoms in total. The quantitative estimate of drug-likeness (QED) is 0.675. The van der Waals surface area contributed by atoms with Crippen LogP contribution >= 0.6 is 11.6 Å². The van der Waals surface area contributed by atoms with Crippen LogP contribution in [0.5, 0.6) is 5.75 Å². The van der Waals surface area contributed by atoms with Crippen molar-refractivity contribution in [3.63, 3.8) is 0 Å². The van der Waals surface area contributed by atoms with Gasteiger partial charge >= 0.3 is 0 Å². The van der Waals surface area contributed by atoms with E-state index in [9.17, 15) is 4.39 Å². The van der Waals surface area contributed by atoms with E-state index in [4.69, 9.17) is 22.1 Å². The molecule has 0 bridgehead atoms. The summed E-state index contributed by atoms with van der Waals surface area (Å²) >= 11 is 5.74. The average Bonchev–Trinajstić information content (AvgIpc) is 2.63. The summed E-state index contributed by atoms with van der Waals surface area (Å²) in [6, 6.07) is 12.0. The highest BCUT2D eigenvalue weighted by molar-refractivity contribution is 6.30. The van der Waals surface area contributed by atoms with E-state index in [1.54, 1.807) is 0 Å². The molecular formula is C18H17ClFN5O. The number of anilines is 3. The molecule has 0 radical (unpaired) electrons. The third-order valence-electron chi connectivity index (χ3n) is 3.60. The lowest BCUT2D eigenvalue weighted by Crippen LogP contribution is -2.10. The molecule has 3 N–H and O–H groups in total. The first-order valence-corrected chi connectivity index (χ1v) is 8.36. The first kappa shape index (κ1) is 17.9. The molecule has 3 rings (SSSR count). The molecule has 0 amide bonds. The van der Waals surface area contributed by atoms with Crippen molar-refractivity contribution in [1.82, 2.24) is 15.0 Å². The second kappa shape index (κ2) is 7.97. The molecule has 2 aromatic carbocycles. The van der Waals surface area contributed by atoms with Crippen LogP contribution in [-0.4, -0.2) is 15.0 Å².